The maximum atomic E-state index is 13.1. The smallest absolute Gasteiger partial charge is 0.266 e. The van der Waals surface area contributed by atoms with Crippen molar-refractivity contribution >= 4 is 26.8 Å². The third-order valence-electron chi connectivity index (χ3n) is 4.64. The van der Waals surface area contributed by atoms with Crippen LogP contribution in [0.1, 0.15) is 18.1 Å². The quantitative estimate of drug-likeness (QED) is 0.444. The first-order valence-corrected chi connectivity index (χ1v) is 11.1. The van der Waals surface area contributed by atoms with E-state index in [1.54, 1.807) is 42.1 Å². The molecule has 0 amide bonds. The van der Waals surface area contributed by atoms with Gasteiger partial charge in [0.05, 0.1) is 20.3 Å². The van der Waals surface area contributed by atoms with Crippen LogP contribution in [-0.2, 0) is 16.6 Å². The van der Waals surface area contributed by atoms with Gasteiger partial charge in [0.2, 0.25) is 0 Å². The number of hydrogen-bond donors (Lipinski definition) is 1. The molecule has 10 heteroatoms. The Morgan fingerprint density at radius 1 is 1.19 bits per heavy atom. The number of benzene rings is 2. The first kappa shape index (κ1) is 20.7. The first-order chi connectivity index (χ1) is 14.9. The van der Waals surface area contributed by atoms with Crippen molar-refractivity contribution in [1.29, 1.82) is 0 Å². The fraction of sp³-hybridized carbons (Fsp3) is 0.238. The van der Waals surface area contributed by atoms with Crippen molar-refractivity contribution < 1.29 is 22.4 Å². The monoisotopic (exact) mass is 442 g/mol. The molecule has 0 saturated heterocycles. The Morgan fingerprint density at radius 3 is 2.74 bits per heavy atom. The Labute approximate surface area is 179 Å². The van der Waals surface area contributed by atoms with Gasteiger partial charge in [-0.25, -0.2) is 8.42 Å². The minimum absolute atomic E-state index is 0.0189. The average Bonchev–Trinajstić information content (AvgIpc) is 3.37. The summed E-state index contributed by atoms with van der Waals surface area (Å²) in [5.41, 5.74) is 2.16. The molecule has 2 aromatic carbocycles. The van der Waals surface area contributed by atoms with E-state index in [9.17, 15) is 8.42 Å². The van der Waals surface area contributed by atoms with Crippen LogP contribution in [0, 0.1) is 6.92 Å². The molecule has 0 spiro atoms. The van der Waals surface area contributed by atoms with Gasteiger partial charge in [-0.05, 0) is 55.3 Å². The van der Waals surface area contributed by atoms with E-state index in [4.69, 9.17) is 14.0 Å². The van der Waals surface area contributed by atoms with Gasteiger partial charge >= 0.3 is 0 Å². The lowest BCUT2D eigenvalue weighted by atomic mass is 10.1. The van der Waals surface area contributed by atoms with Crippen molar-refractivity contribution in [2.24, 2.45) is 0 Å². The van der Waals surface area contributed by atoms with Gasteiger partial charge < -0.3 is 14.0 Å². The van der Waals surface area contributed by atoms with Crippen molar-refractivity contribution in [3.63, 3.8) is 0 Å². The number of nitrogens with one attached hydrogen (secondary N) is 1. The van der Waals surface area contributed by atoms with E-state index in [0.717, 1.165) is 11.1 Å². The van der Waals surface area contributed by atoms with E-state index < -0.39 is 10.0 Å². The predicted molar refractivity (Wildman–Crippen MR) is 115 cm³/mol. The number of hydrogen-bond acceptors (Lipinski definition) is 7. The number of nitrogens with zero attached hydrogens (tertiary/aromatic N) is 3. The summed E-state index contributed by atoms with van der Waals surface area (Å²) >= 11 is 0. The number of aromatic nitrogens is 3. The van der Waals surface area contributed by atoms with E-state index in [1.165, 1.54) is 13.2 Å². The molecule has 2 aromatic heterocycles. The molecule has 162 valence electrons. The molecule has 31 heavy (non-hydrogen) atoms. The summed E-state index contributed by atoms with van der Waals surface area (Å²) in [7, 11) is -2.48. The zero-order valence-electron chi connectivity index (χ0n) is 17.3. The summed E-state index contributed by atoms with van der Waals surface area (Å²) < 4.78 is 46.9. The van der Waals surface area contributed by atoms with Gasteiger partial charge in [-0.2, -0.15) is 5.10 Å². The van der Waals surface area contributed by atoms with Gasteiger partial charge in [0.25, 0.3) is 10.0 Å². The maximum Gasteiger partial charge on any atom is 0.266 e. The normalized spacial score (nSPS) is 11.6. The van der Waals surface area contributed by atoms with E-state index in [-0.39, 0.29) is 16.5 Å². The minimum atomic E-state index is -3.99. The summed E-state index contributed by atoms with van der Waals surface area (Å²) in [4.78, 5) is 0.0189. The van der Waals surface area contributed by atoms with Gasteiger partial charge in [-0.1, -0.05) is 11.2 Å². The average molecular weight is 442 g/mol. The van der Waals surface area contributed by atoms with Crippen LogP contribution < -0.4 is 14.2 Å². The van der Waals surface area contributed by atoms with E-state index >= 15 is 0 Å². The van der Waals surface area contributed by atoms with Gasteiger partial charge in [0.1, 0.15) is 21.8 Å². The third kappa shape index (κ3) is 4.19. The zero-order chi connectivity index (χ0) is 22.0. The Morgan fingerprint density at radius 2 is 2.03 bits per heavy atom. The molecule has 0 fully saturated rings. The fourth-order valence-corrected chi connectivity index (χ4v) is 4.41. The number of rotatable bonds is 8. The van der Waals surface area contributed by atoms with Crippen LogP contribution in [0.25, 0.3) is 11.0 Å². The molecule has 1 N–H and O–H groups in total. The van der Waals surface area contributed by atoms with Crippen LogP contribution in [0.4, 0.5) is 5.82 Å². The summed E-state index contributed by atoms with van der Waals surface area (Å²) in [6, 6.07) is 10.3. The molecule has 4 rings (SSSR count). The van der Waals surface area contributed by atoms with E-state index in [2.05, 4.69) is 15.0 Å². The van der Waals surface area contributed by atoms with Crippen molar-refractivity contribution in [2.75, 3.05) is 18.4 Å². The number of methoxy groups -OCH3 is 1. The molecule has 0 unspecified atom stereocenters. The van der Waals surface area contributed by atoms with Crippen LogP contribution in [-0.4, -0.2) is 37.1 Å². The Bertz CT molecular complexity index is 1310. The highest BCUT2D eigenvalue weighted by Gasteiger charge is 2.24. The van der Waals surface area contributed by atoms with Crippen molar-refractivity contribution in [3.05, 3.63) is 59.9 Å². The van der Waals surface area contributed by atoms with Crippen LogP contribution >= 0.6 is 0 Å². The molecule has 9 nitrogen and oxygen atoms in total. The molecule has 0 radical (unpaired) electrons. The van der Waals surface area contributed by atoms with Crippen LogP contribution in [0.2, 0.25) is 0 Å². The lowest BCUT2D eigenvalue weighted by molar-refractivity contribution is 0.331. The van der Waals surface area contributed by atoms with Crippen molar-refractivity contribution in [1.82, 2.24) is 14.9 Å². The van der Waals surface area contributed by atoms with Gasteiger partial charge in [0.15, 0.2) is 11.4 Å². The molecular formula is C21H22N4O5S. The van der Waals surface area contributed by atoms with Crippen LogP contribution in [0.5, 0.6) is 11.5 Å². The molecule has 0 atom stereocenters. The molecule has 4 aromatic rings. The number of fused-ring (bicyclic) bond motifs is 1. The molecule has 2 heterocycles. The van der Waals surface area contributed by atoms with Gasteiger partial charge in [-0.15, -0.1) is 0 Å². The number of sulfonamides is 1. The summed E-state index contributed by atoms with van der Waals surface area (Å²) in [5.74, 6) is 0.754. The highest BCUT2D eigenvalue weighted by Crippen LogP contribution is 2.36. The Kier molecular flexibility index (Phi) is 5.55. The lowest BCUT2D eigenvalue weighted by Crippen LogP contribution is -2.15. The fourth-order valence-electron chi connectivity index (χ4n) is 3.28. The first-order valence-electron chi connectivity index (χ1n) is 9.61. The SMILES string of the molecule is CCOc1cc(C)ccc1S(=O)(=O)Nc1noc2cc(Cn3cccn3)cc(OC)c12. The zero-order valence-corrected chi connectivity index (χ0v) is 18.1. The summed E-state index contributed by atoms with van der Waals surface area (Å²) in [5, 5.41) is 8.56. The molecule has 0 aliphatic carbocycles. The topological polar surface area (TPSA) is 108 Å². The predicted octanol–water partition coefficient (Wildman–Crippen LogP) is 3.59. The second-order valence-electron chi connectivity index (χ2n) is 6.89. The van der Waals surface area contributed by atoms with Crippen LogP contribution in [0.3, 0.4) is 0 Å². The Hall–Kier alpha value is -3.53. The second-order valence-corrected chi connectivity index (χ2v) is 8.55. The summed E-state index contributed by atoms with van der Waals surface area (Å²) in [6.07, 6.45) is 3.53. The molecule has 0 bridgehead atoms. The summed E-state index contributed by atoms with van der Waals surface area (Å²) in [6.45, 7) is 4.50. The highest BCUT2D eigenvalue weighted by atomic mass is 32.2. The highest BCUT2D eigenvalue weighted by molar-refractivity contribution is 7.92. The standard InChI is InChI=1S/C21H22N4O5S/c1-4-29-16-10-14(2)6-7-19(16)31(26,27)24-21-20-17(28-3)11-15(12-18(20)30-23-21)13-25-9-5-8-22-25/h5-12H,4,13H2,1-3H3,(H,23,24). The molecule has 0 aliphatic rings. The third-order valence-corrected chi connectivity index (χ3v) is 6.02. The minimum Gasteiger partial charge on any atom is -0.496 e. The van der Waals surface area contributed by atoms with Crippen LogP contribution in [0.15, 0.2) is 58.2 Å². The van der Waals surface area contributed by atoms with Crippen molar-refractivity contribution in [3.8, 4) is 11.5 Å². The molecular weight excluding hydrogens is 420 g/mol. The molecule has 0 saturated carbocycles. The van der Waals surface area contributed by atoms with Crippen molar-refractivity contribution in [2.45, 2.75) is 25.3 Å². The number of ether oxygens (including phenoxy) is 2. The number of anilines is 1. The Balaban J connectivity index is 1.72. The van der Waals surface area contributed by atoms with E-state index in [1.807, 2.05) is 19.2 Å². The lowest BCUT2D eigenvalue weighted by Gasteiger charge is -2.12. The van der Waals surface area contributed by atoms with Gasteiger partial charge in [0, 0.05) is 12.4 Å². The maximum absolute atomic E-state index is 13.1. The largest absolute Gasteiger partial charge is 0.496 e. The van der Waals surface area contributed by atoms with Gasteiger partial charge in [-0.3, -0.25) is 9.40 Å². The second kappa shape index (κ2) is 8.31. The van der Waals surface area contributed by atoms with E-state index in [0.29, 0.717) is 29.9 Å². The molecule has 0 aliphatic heterocycles. The number of aryl methyl sites for hydroxylation is 1.